The molecule has 2 amide bonds. The lowest BCUT2D eigenvalue weighted by Crippen LogP contribution is -2.52. The fourth-order valence-corrected chi connectivity index (χ4v) is 4.46. The van der Waals surface area contributed by atoms with Crippen molar-refractivity contribution in [2.24, 2.45) is 0 Å². The standard InChI is InChI=1S/C29H32Cl2N2O2/c1-4-21(3)32-29(35)27(17-22-11-6-5-7-12-22)33(19-24-25(30)14-9-15-26(24)31)28(34)18-23-13-8-10-20(2)16-23/h5-16,21,27H,4,17-19H2,1-3H3,(H,32,35)/t21-,27+/m1/s1. The molecule has 2 atom stereocenters. The van der Waals surface area contributed by atoms with Crippen molar-refractivity contribution in [1.29, 1.82) is 0 Å². The molecule has 184 valence electrons. The van der Waals surface area contributed by atoms with Gasteiger partial charge < -0.3 is 10.2 Å². The van der Waals surface area contributed by atoms with E-state index in [1.807, 2.05) is 75.4 Å². The Morgan fingerprint density at radius 1 is 0.914 bits per heavy atom. The van der Waals surface area contributed by atoms with Crippen LogP contribution < -0.4 is 5.32 Å². The molecule has 3 aromatic carbocycles. The third-order valence-electron chi connectivity index (χ3n) is 6.10. The first-order valence-corrected chi connectivity index (χ1v) is 12.7. The summed E-state index contributed by atoms with van der Waals surface area (Å²) >= 11 is 13.0. The number of nitrogens with zero attached hydrogens (tertiary/aromatic N) is 1. The highest BCUT2D eigenvalue weighted by atomic mass is 35.5. The lowest BCUT2D eigenvalue weighted by atomic mass is 10.0. The predicted octanol–water partition coefficient (Wildman–Crippen LogP) is 6.40. The highest BCUT2D eigenvalue weighted by molar-refractivity contribution is 6.36. The molecule has 35 heavy (non-hydrogen) atoms. The second kappa shape index (κ2) is 12.8. The molecular weight excluding hydrogens is 479 g/mol. The smallest absolute Gasteiger partial charge is 0.243 e. The maximum absolute atomic E-state index is 13.8. The van der Waals surface area contributed by atoms with Crippen molar-refractivity contribution in [2.45, 2.75) is 58.7 Å². The third-order valence-corrected chi connectivity index (χ3v) is 6.81. The number of carbonyl (C=O) groups is 2. The zero-order chi connectivity index (χ0) is 25.4. The number of nitrogens with one attached hydrogen (secondary N) is 1. The highest BCUT2D eigenvalue weighted by Gasteiger charge is 2.31. The summed E-state index contributed by atoms with van der Waals surface area (Å²) in [5.41, 5.74) is 3.57. The van der Waals surface area contributed by atoms with Gasteiger partial charge in [-0.2, -0.15) is 0 Å². The van der Waals surface area contributed by atoms with Gasteiger partial charge in [0.15, 0.2) is 0 Å². The number of hydrogen-bond acceptors (Lipinski definition) is 2. The van der Waals surface area contributed by atoms with E-state index < -0.39 is 6.04 Å². The monoisotopic (exact) mass is 510 g/mol. The van der Waals surface area contributed by atoms with Gasteiger partial charge in [-0.3, -0.25) is 9.59 Å². The first-order valence-electron chi connectivity index (χ1n) is 11.9. The maximum atomic E-state index is 13.8. The molecule has 3 rings (SSSR count). The fourth-order valence-electron chi connectivity index (χ4n) is 3.95. The summed E-state index contributed by atoms with van der Waals surface area (Å²) in [7, 11) is 0. The van der Waals surface area contributed by atoms with Gasteiger partial charge in [0, 0.05) is 34.6 Å². The van der Waals surface area contributed by atoms with Gasteiger partial charge >= 0.3 is 0 Å². The van der Waals surface area contributed by atoms with Crippen LogP contribution in [0.3, 0.4) is 0 Å². The Morgan fingerprint density at radius 3 is 2.17 bits per heavy atom. The van der Waals surface area contributed by atoms with Crippen molar-refractivity contribution in [3.8, 4) is 0 Å². The van der Waals surface area contributed by atoms with Gasteiger partial charge in [0.25, 0.3) is 0 Å². The van der Waals surface area contributed by atoms with Crippen LogP contribution in [0.15, 0.2) is 72.8 Å². The third kappa shape index (κ3) is 7.58. The Hall–Kier alpha value is -2.82. The molecule has 1 N–H and O–H groups in total. The molecule has 0 aliphatic carbocycles. The van der Waals surface area contributed by atoms with E-state index in [0.717, 1.165) is 23.1 Å². The molecule has 0 aromatic heterocycles. The van der Waals surface area contributed by atoms with Gasteiger partial charge in [-0.15, -0.1) is 0 Å². The van der Waals surface area contributed by atoms with Crippen LogP contribution in [0.1, 0.15) is 42.5 Å². The first-order chi connectivity index (χ1) is 16.8. The van der Waals surface area contributed by atoms with Crippen LogP contribution in [0.5, 0.6) is 0 Å². The molecule has 6 heteroatoms. The number of carbonyl (C=O) groups excluding carboxylic acids is 2. The van der Waals surface area contributed by atoms with Crippen molar-refractivity contribution in [1.82, 2.24) is 10.2 Å². The summed E-state index contributed by atoms with van der Waals surface area (Å²) in [5.74, 6) is -0.351. The number of aryl methyl sites for hydroxylation is 1. The van der Waals surface area contributed by atoms with Crippen LogP contribution in [0.25, 0.3) is 0 Å². The Kier molecular flexibility index (Phi) is 9.76. The van der Waals surface area contributed by atoms with E-state index >= 15 is 0 Å². The van der Waals surface area contributed by atoms with E-state index in [9.17, 15) is 9.59 Å². The molecule has 0 aliphatic heterocycles. The van der Waals surface area contributed by atoms with Crippen molar-refractivity contribution in [2.75, 3.05) is 0 Å². The molecule has 0 spiro atoms. The molecule has 0 saturated carbocycles. The summed E-state index contributed by atoms with van der Waals surface area (Å²) in [4.78, 5) is 29.0. The summed E-state index contributed by atoms with van der Waals surface area (Å²) in [6.45, 7) is 6.10. The zero-order valence-corrected chi connectivity index (χ0v) is 21.9. The Balaban J connectivity index is 2.02. The molecule has 0 saturated heterocycles. The first kappa shape index (κ1) is 26.8. The van der Waals surface area contributed by atoms with Gasteiger partial charge in [-0.05, 0) is 43.5 Å². The minimum absolute atomic E-state index is 0.0154. The fraction of sp³-hybridized carbons (Fsp3) is 0.310. The van der Waals surface area contributed by atoms with Gasteiger partial charge in [0.2, 0.25) is 11.8 Å². The Bertz CT molecular complexity index is 1130. The van der Waals surface area contributed by atoms with Crippen LogP contribution in [0, 0.1) is 6.92 Å². The van der Waals surface area contributed by atoms with Crippen LogP contribution >= 0.6 is 23.2 Å². The molecule has 0 heterocycles. The quantitative estimate of drug-likeness (QED) is 0.343. The second-order valence-electron chi connectivity index (χ2n) is 8.91. The Morgan fingerprint density at radius 2 is 1.54 bits per heavy atom. The molecule has 0 aliphatic rings. The van der Waals surface area contributed by atoms with E-state index in [-0.39, 0.29) is 30.8 Å². The van der Waals surface area contributed by atoms with Crippen molar-refractivity contribution in [3.05, 3.63) is 105 Å². The zero-order valence-electron chi connectivity index (χ0n) is 20.4. The van der Waals surface area contributed by atoms with Crippen LogP contribution in [0.2, 0.25) is 10.0 Å². The number of benzene rings is 3. The van der Waals surface area contributed by atoms with Crippen molar-refractivity contribution in [3.63, 3.8) is 0 Å². The van der Waals surface area contributed by atoms with E-state index in [0.29, 0.717) is 22.0 Å². The molecule has 0 unspecified atom stereocenters. The van der Waals surface area contributed by atoms with E-state index in [2.05, 4.69) is 5.32 Å². The maximum Gasteiger partial charge on any atom is 0.243 e. The topological polar surface area (TPSA) is 49.4 Å². The number of halogens is 2. The highest BCUT2D eigenvalue weighted by Crippen LogP contribution is 2.27. The lowest BCUT2D eigenvalue weighted by molar-refractivity contribution is -0.141. The summed E-state index contributed by atoms with van der Waals surface area (Å²) < 4.78 is 0. The Labute approximate surface area is 218 Å². The number of rotatable bonds is 10. The van der Waals surface area contributed by atoms with E-state index in [1.165, 1.54) is 0 Å². The normalized spacial score (nSPS) is 12.6. The van der Waals surface area contributed by atoms with Crippen LogP contribution in [-0.2, 0) is 29.0 Å². The van der Waals surface area contributed by atoms with E-state index in [4.69, 9.17) is 23.2 Å². The molecule has 4 nitrogen and oxygen atoms in total. The van der Waals surface area contributed by atoms with E-state index in [1.54, 1.807) is 23.1 Å². The average molecular weight is 511 g/mol. The summed E-state index contributed by atoms with van der Waals surface area (Å²) in [6, 6.07) is 22.1. The second-order valence-corrected chi connectivity index (χ2v) is 9.73. The van der Waals surface area contributed by atoms with Gasteiger partial charge in [-0.25, -0.2) is 0 Å². The largest absolute Gasteiger partial charge is 0.352 e. The molecular formula is C29H32Cl2N2O2. The van der Waals surface area contributed by atoms with Gasteiger partial charge in [0.05, 0.1) is 6.42 Å². The average Bonchev–Trinajstić information content (AvgIpc) is 2.83. The van der Waals surface area contributed by atoms with Gasteiger partial charge in [-0.1, -0.05) is 96.4 Å². The molecule has 3 aromatic rings. The van der Waals surface area contributed by atoms with Crippen molar-refractivity contribution < 1.29 is 9.59 Å². The number of hydrogen-bond donors (Lipinski definition) is 1. The minimum Gasteiger partial charge on any atom is -0.352 e. The minimum atomic E-state index is -0.726. The van der Waals surface area contributed by atoms with Crippen LogP contribution in [-0.4, -0.2) is 28.8 Å². The molecule has 0 bridgehead atoms. The van der Waals surface area contributed by atoms with Crippen LogP contribution in [0.4, 0.5) is 0 Å². The number of amides is 2. The predicted molar refractivity (Wildman–Crippen MR) is 144 cm³/mol. The molecule has 0 radical (unpaired) electrons. The summed E-state index contributed by atoms with van der Waals surface area (Å²) in [5, 5.41) is 4.00. The molecule has 0 fully saturated rings. The van der Waals surface area contributed by atoms with Gasteiger partial charge in [0.1, 0.15) is 6.04 Å². The lowest BCUT2D eigenvalue weighted by Gasteiger charge is -2.33. The summed E-state index contributed by atoms with van der Waals surface area (Å²) in [6.07, 6.45) is 1.34. The SMILES string of the molecule is CC[C@@H](C)NC(=O)[C@H](Cc1ccccc1)N(Cc1c(Cl)cccc1Cl)C(=O)Cc1cccc(C)c1. The van der Waals surface area contributed by atoms with Crippen molar-refractivity contribution >= 4 is 35.0 Å².